The number of amides is 2. The highest BCUT2D eigenvalue weighted by Gasteiger charge is 2.37. The van der Waals surface area contributed by atoms with Crippen LogP contribution in [0.25, 0.3) is 11.6 Å². The number of methoxy groups -OCH3 is 1. The molecule has 1 saturated heterocycles. The number of ether oxygens (including phenoxy) is 1. The van der Waals surface area contributed by atoms with Gasteiger partial charge in [0.15, 0.2) is 0 Å². The van der Waals surface area contributed by atoms with E-state index < -0.39 is 0 Å². The number of hydrogen-bond donors (Lipinski definition) is 1. The van der Waals surface area contributed by atoms with Crippen molar-refractivity contribution < 1.29 is 14.3 Å². The molecule has 1 N–H and O–H groups in total. The summed E-state index contributed by atoms with van der Waals surface area (Å²) in [5.74, 6) is 1.56. The summed E-state index contributed by atoms with van der Waals surface area (Å²) in [4.78, 5) is 35.3. The van der Waals surface area contributed by atoms with Gasteiger partial charge in [0.1, 0.15) is 11.6 Å². The van der Waals surface area contributed by atoms with E-state index in [1.165, 1.54) is 30.6 Å². The van der Waals surface area contributed by atoms with Crippen LogP contribution >= 0.6 is 11.3 Å². The number of nitrogens with zero attached hydrogens (tertiary/aromatic N) is 3. The highest BCUT2D eigenvalue weighted by molar-refractivity contribution is 7.08. The predicted molar refractivity (Wildman–Crippen MR) is 132 cm³/mol. The molecule has 1 aliphatic heterocycles. The number of allylic oxidation sites excluding steroid dienone is 1. The van der Waals surface area contributed by atoms with Crippen molar-refractivity contribution in [2.75, 3.05) is 25.5 Å². The van der Waals surface area contributed by atoms with E-state index in [9.17, 15) is 9.59 Å². The van der Waals surface area contributed by atoms with Crippen molar-refractivity contribution >= 4 is 40.6 Å². The van der Waals surface area contributed by atoms with E-state index in [0.717, 1.165) is 25.1 Å². The van der Waals surface area contributed by atoms with Crippen LogP contribution in [0.2, 0.25) is 0 Å². The quantitative estimate of drug-likeness (QED) is 0.539. The summed E-state index contributed by atoms with van der Waals surface area (Å²) in [7, 11) is 1.52. The molecule has 172 valence electrons. The fourth-order valence-corrected chi connectivity index (χ4v) is 5.13. The van der Waals surface area contributed by atoms with Crippen LogP contribution in [0.1, 0.15) is 27.9 Å². The number of hydrogen-bond acceptors (Lipinski definition) is 6. The number of thiophene rings is 1. The molecule has 0 aromatic carbocycles. The van der Waals surface area contributed by atoms with E-state index in [2.05, 4.69) is 38.2 Å². The number of rotatable bonds is 6. The molecular weight excluding hydrogens is 448 g/mol. The van der Waals surface area contributed by atoms with Crippen molar-refractivity contribution in [3.63, 3.8) is 0 Å². The molecule has 1 fully saturated rings. The second-order valence-electron chi connectivity index (χ2n) is 8.45. The molecule has 0 spiro atoms. The number of aromatic nitrogens is 2. The normalized spacial score (nSPS) is 19.2. The maximum atomic E-state index is 12.7. The number of anilines is 1. The predicted octanol–water partition coefficient (Wildman–Crippen LogP) is 4.37. The lowest BCUT2D eigenvalue weighted by Gasteiger charge is -2.15. The van der Waals surface area contributed by atoms with E-state index in [1.807, 2.05) is 11.0 Å². The van der Waals surface area contributed by atoms with Crippen molar-refractivity contribution in [3.05, 3.63) is 82.5 Å². The zero-order valence-electron chi connectivity index (χ0n) is 18.7. The summed E-state index contributed by atoms with van der Waals surface area (Å²) >= 11 is 1.72. The number of nitrogens with one attached hydrogen (secondary N) is 1. The largest absolute Gasteiger partial charge is 0.495 e. The molecule has 7 nitrogen and oxygen atoms in total. The van der Waals surface area contributed by atoms with Gasteiger partial charge in [-0.1, -0.05) is 6.08 Å². The Morgan fingerprint density at radius 3 is 2.85 bits per heavy atom. The lowest BCUT2D eigenvalue weighted by atomic mass is 9.99. The van der Waals surface area contributed by atoms with Crippen molar-refractivity contribution in [1.29, 1.82) is 0 Å². The summed E-state index contributed by atoms with van der Waals surface area (Å²) < 4.78 is 5.10. The molecule has 0 saturated carbocycles. The molecule has 3 aromatic rings. The SMILES string of the molecule is COc1cncc(C(=O)Nc2ccc(C=CC(=O)N3CC4C=C(c5ccsc5)CC4C3)cn2)c1. The summed E-state index contributed by atoms with van der Waals surface area (Å²) in [6.45, 7) is 1.56. The molecule has 2 aliphatic rings. The van der Waals surface area contributed by atoms with Gasteiger partial charge in [0.25, 0.3) is 5.91 Å². The van der Waals surface area contributed by atoms with Crippen LogP contribution in [0.15, 0.2) is 65.8 Å². The molecule has 2 amide bonds. The van der Waals surface area contributed by atoms with Crippen molar-refractivity contribution in [2.45, 2.75) is 6.42 Å². The highest BCUT2D eigenvalue weighted by Crippen LogP contribution is 2.41. The third-order valence-corrected chi connectivity index (χ3v) is 6.93. The molecule has 2 unspecified atom stereocenters. The third-order valence-electron chi connectivity index (χ3n) is 6.25. The highest BCUT2D eigenvalue weighted by atomic mass is 32.1. The Hall–Kier alpha value is -3.78. The summed E-state index contributed by atoms with van der Waals surface area (Å²) in [6.07, 6.45) is 11.4. The van der Waals surface area contributed by atoms with Crippen molar-refractivity contribution in [3.8, 4) is 5.75 Å². The van der Waals surface area contributed by atoms with Gasteiger partial charge >= 0.3 is 0 Å². The summed E-state index contributed by atoms with van der Waals surface area (Å²) in [6, 6.07) is 7.29. The van der Waals surface area contributed by atoms with E-state index in [0.29, 0.717) is 29.0 Å². The molecule has 1 aliphatic carbocycles. The first-order chi connectivity index (χ1) is 16.6. The van der Waals surface area contributed by atoms with Gasteiger partial charge in [-0.05, 0) is 76.1 Å². The Balaban J connectivity index is 1.15. The van der Waals surface area contributed by atoms with Crippen molar-refractivity contribution in [2.24, 2.45) is 11.8 Å². The standard InChI is InChI=1S/C26H24N4O3S/c1-33-23-10-20(12-27-13-23)26(32)29-24-4-2-17(11-28-24)3-5-25(31)30-14-21-8-19(9-22(21)15-30)18-6-7-34-16-18/h2-8,10-13,16,21-22H,9,14-15H2,1H3,(H,28,29,32). The average Bonchev–Trinajstić information content (AvgIpc) is 3.60. The minimum Gasteiger partial charge on any atom is -0.495 e. The van der Waals surface area contributed by atoms with Crippen LogP contribution in [0.5, 0.6) is 5.75 Å². The Morgan fingerprint density at radius 1 is 1.21 bits per heavy atom. The Morgan fingerprint density at radius 2 is 2.12 bits per heavy atom. The van der Waals surface area contributed by atoms with E-state index in [1.54, 1.807) is 41.8 Å². The minimum atomic E-state index is -0.326. The number of carbonyl (C=O) groups excluding carboxylic acids is 2. The van der Waals surface area contributed by atoms with E-state index in [4.69, 9.17) is 4.74 Å². The maximum Gasteiger partial charge on any atom is 0.258 e. The van der Waals surface area contributed by atoms with Gasteiger partial charge in [-0.2, -0.15) is 11.3 Å². The molecule has 5 rings (SSSR count). The zero-order chi connectivity index (χ0) is 23.5. The fraction of sp³-hybridized carbons (Fsp3) is 0.231. The topological polar surface area (TPSA) is 84.4 Å². The lowest BCUT2D eigenvalue weighted by Crippen LogP contribution is -2.27. The average molecular weight is 473 g/mol. The van der Waals surface area contributed by atoms with Gasteiger partial charge < -0.3 is 15.0 Å². The number of likely N-dealkylation sites (tertiary alicyclic amines) is 1. The van der Waals surface area contributed by atoms with Gasteiger partial charge in [0.2, 0.25) is 5.91 Å². The number of fused-ring (bicyclic) bond motifs is 1. The first-order valence-electron chi connectivity index (χ1n) is 11.1. The first-order valence-corrected chi connectivity index (χ1v) is 12.0. The Kier molecular flexibility index (Phi) is 6.22. The summed E-state index contributed by atoms with van der Waals surface area (Å²) in [5.41, 5.74) is 3.90. The van der Waals surface area contributed by atoms with E-state index >= 15 is 0 Å². The zero-order valence-corrected chi connectivity index (χ0v) is 19.5. The molecule has 34 heavy (non-hydrogen) atoms. The van der Waals surface area contributed by atoms with Crippen LogP contribution in [0.4, 0.5) is 5.82 Å². The second-order valence-corrected chi connectivity index (χ2v) is 9.23. The Labute approximate surface area is 201 Å². The molecule has 0 radical (unpaired) electrons. The smallest absolute Gasteiger partial charge is 0.258 e. The molecule has 8 heteroatoms. The molecular formula is C26H24N4O3S. The Bertz CT molecular complexity index is 1250. The molecule has 2 atom stereocenters. The summed E-state index contributed by atoms with van der Waals surface area (Å²) in [5, 5.41) is 7.04. The number of carbonyl (C=O) groups is 2. The molecule has 3 aromatic heterocycles. The second kappa shape index (κ2) is 9.61. The van der Waals surface area contributed by atoms with Gasteiger partial charge in [-0.15, -0.1) is 0 Å². The minimum absolute atomic E-state index is 0.0165. The number of pyridine rings is 2. The van der Waals surface area contributed by atoms with Crippen LogP contribution in [0, 0.1) is 11.8 Å². The van der Waals surface area contributed by atoms with Gasteiger partial charge in [0, 0.05) is 31.6 Å². The van der Waals surface area contributed by atoms with Crippen molar-refractivity contribution in [1.82, 2.24) is 14.9 Å². The lowest BCUT2D eigenvalue weighted by molar-refractivity contribution is -0.125. The van der Waals surface area contributed by atoms with E-state index in [-0.39, 0.29) is 11.8 Å². The van der Waals surface area contributed by atoms with Crippen LogP contribution < -0.4 is 10.1 Å². The molecule has 4 heterocycles. The van der Waals surface area contributed by atoms with Gasteiger partial charge in [-0.3, -0.25) is 14.6 Å². The maximum absolute atomic E-state index is 12.7. The third kappa shape index (κ3) is 4.77. The van der Waals surface area contributed by atoms with Crippen LogP contribution in [-0.2, 0) is 4.79 Å². The van der Waals surface area contributed by atoms with Gasteiger partial charge in [-0.25, -0.2) is 4.98 Å². The monoisotopic (exact) mass is 472 g/mol. The van der Waals surface area contributed by atoms with Crippen LogP contribution in [0.3, 0.4) is 0 Å². The van der Waals surface area contributed by atoms with Gasteiger partial charge in [0.05, 0.1) is 18.9 Å². The first kappa shape index (κ1) is 22.0. The van der Waals surface area contributed by atoms with Crippen LogP contribution in [-0.4, -0.2) is 46.9 Å². The fourth-order valence-electron chi connectivity index (χ4n) is 4.45. The molecule has 0 bridgehead atoms.